The van der Waals surface area contributed by atoms with Crippen molar-refractivity contribution in [1.82, 2.24) is 0 Å². The Bertz CT molecular complexity index is 477. The monoisotopic (exact) mass is 197 g/mol. The van der Waals surface area contributed by atoms with Crippen LogP contribution >= 0.6 is 0 Å². The van der Waals surface area contributed by atoms with Crippen LogP contribution in [0.15, 0.2) is 48.5 Å². The second-order valence-electron chi connectivity index (χ2n) is 3.30. The fourth-order valence-corrected chi connectivity index (χ4v) is 1.63. The highest BCUT2D eigenvalue weighted by Gasteiger charge is 2.06. The fourth-order valence-electron chi connectivity index (χ4n) is 1.63. The summed E-state index contributed by atoms with van der Waals surface area (Å²) in [5, 5.41) is 0. The molecule has 0 aliphatic rings. The molecule has 0 fully saturated rings. The van der Waals surface area contributed by atoms with Crippen molar-refractivity contribution in [1.29, 1.82) is 0 Å². The van der Waals surface area contributed by atoms with Gasteiger partial charge in [-0.05, 0) is 11.6 Å². The lowest BCUT2D eigenvalue weighted by Gasteiger charge is -2.07. The minimum absolute atomic E-state index is 0.626. The number of hydrogen-bond donors (Lipinski definition) is 1. The zero-order chi connectivity index (χ0) is 10.7. The highest BCUT2D eigenvalue weighted by atomic mass is 16.1. The molecular formula is C13H11NO. The predicted octanol–water partition coefficient (Wildman–Crippen LogP) is 2.75. The van der Waals surface area contributed by atoms with Crippen LogP contribution < -0.4 is 5.73 Å². The highest BCUT2D eigenvalue weighted by Crippen LogP contribution is 2.28. The Hall–Kier alpha value is -2.09. The van der Waals surface area contributed by atoms with Crippen LogP contribution in [0, 0.1) is 0 Å². The van der Waals surface area contributed by atoms with Crippen LogP contribution in [0.2, 0.25) is 0 Å². The van der Waals surface area contributed by atoms with Gasteiger partial charge in [0.05, 0.1) is 0 Å². The van der Waals surface area contributed by atoms with Crippen LogP contribution in [0.4, 0.5) is 5.69 Å². The summed E-state index contributed by atoms with van der Waals surface area (Å²) in [6.45, 7) is 0. The molecule has 0 spiro atoms. The number of carbonyl (C=O) groups excluding carboxylic acids is 1. The van der Waals surface area contributed by atoms with Crippen molar-refractivity contribution in [2.75, 3.05) is 5.73 Å². The molecule has 74 valence electrons. The summed E-state index contributed by atoms with van der Waals surface area (Å²) >= 11 is 0. The first kappa shape index (κ1) is 9.46. The van der Waals surface area contributed by atoms with Gasteiger partial charge in [-0.15, -0.1) is 0 Å². The smallest absolute Gasteiger partial charge is 0.150 e. The Kier molecular flexibility index (Phi) is 2.50. The summed E-state index contributed by atoms with van der Waals surface area (Å²) in [5.74, 6) is 0. The molecule has 0 saturated carbocycles. The Morgan fingerprint density at radius 2 is 1.67 bits per heavy atom. The molecule has 2 heteroatoms. The van der Waals surface area contributed by atoms with Crippen molar-refractivity contribution in [3.63, 3.8) is 0 Å². The molecule has 0 bridgehead atoms. The van der Waals surface area contributed by atoms with Crippen molar-refractivity contribution in [2.45, 2.75) is 0 Å². The van der Waals surface area contributed by atoms with E-state index in [1.54, 1.807) is 18.2 Å². The van der Waals surface area contributed by atoms with Crippen molar-refractivity contribution in [3.05, 3.63) is 54.1 Å². The SMILES string of the molecule is Nc1cccc(C=O)c1-c1ccccc1. The Labute approximate surface area is 88.4 Å². The van der Waals surface area contributed by atoms with Gasteiger partial charge in [0.15, 0.2) is 6.29 Å². The van der Waals surface area contributed by atoms with Crippen molar-refractivity contribution >= 4 is 12.0 Å². The maximum Gasteiger partial charge on any atom is 0.150 e. The third-order valence-corrected chi connectivity index (χ3v) is 2.32. The summed E-state index contributed by atoms with van der Waals surface area (Å²) in [5.41, 5.74) is 8.91. The summed E-state index contributed by atoms with van der Waals surface area (Å²) in [6.07, 6.45) is 0.832. The lowest BCUT2D eigenvalue weighted by Crippen LogP contribution is -1.94. The molecule has 0 aliphatic carbocycles. The van der Waals surface area contributed by atoms with E-state index in [0.717, 1.165) is 17.4 Å². The molecule has 0 radical (unpaired) electrons. The number of carbonyl (C=O) groups is 1. The van der Waals surface area contributed by atoms with Crippen LogP contribution in [-0.4, -0.2) is 6.29 Å². The van der Waals surface area contributed by atoms with Crippen molar-refractivity contribution < 1.29 is 4.79 Å². The molecular weight excluding hydrogens is 186 g/mol. The molecule has 0 aliphatic heterocycles. The van der Waals surface area contributed by atoms with Gasteiger partial charge in [-0.2, -0.15) is 0 Å². The van der Waals surface area contributed by atoms with Gasteiger partial charge in [-0.1, -0.05) is 42.5 Å². The molecule has 0 aromatic heterocycles. The maximum absolute atomic E-state index is 10.9. The van der Waals surface area contributed by atoms with E-state index in [2.05, 4.69) is 0 Å². The van der Waals surface area contributed by atoms with E-state index in [1.807, 2.05) is 30.3 Å². The van der Waals surface area contributed by atoms with E-state index < -0.39 is 0 Å². The molecule has 2 aromatic rings. The lowest BCUT2D eigenvalue weighted by molar-refractivity contribution is 0.112. The standard InChI is InChI=1S/C13H11NO/c14-12-8-4-7-11(9-15)13(12)10-5-2-1-3-6-10/h1-9H,14H2. The van der Waals surface area contributed by atoms with Gasteiger partial charge in [0, 0.05) is 16.8 Å². The second-order valence-corrected chi connectivity index (χ2v) is 3.30. The van der Waals surface area contributed by atoms with Crippen molar-refractivity contribution in [3.8, 4) is 11.1 Å². The molecule has 2 N–H and O–H groups in total. The number of hydrogen-bond acceptors (Lipinski definition) is 2. The summed E-state index contributed by atoms with van der Waals surface area (Å²) < 4.78 is 0. The Balaban J connectivity index is 2.66. The van der Waals surface area contributed by atoms with E-state index >= 15 is 0 Å². The first-order chi connectivity index (χ1) is 7.33. The van der Waals surface area contributed by atoms with Gasteiger partial charge >= 0.3 is 0 Å². The summed E-state index contributed by atoms with van der Waals surface area (Å²) in [4.78, 5) is 10.9. The number of anilines is 1. The Morgan fingerprint density at radius 3 is 2.33 bits per heavy atom. The minimum Gasteiger partial charge on any atom is -0.398 e. The minimum atomic E-state index is 0.626. The molecule has 2 nitrogen and oxygen atoms in total. The molecule has 2 rings (SSSR count). The topological polar surface area (TPSA) is 43.1 Å². The van der Waals surface area contributed by atoms with Gasteiger partial charge in [-0.25, -0.2) is 0 Å². The first-order valence-electron chi connectivity index (χ1n) is 4.72. The largest absolute Gasteiger partial charge is 0.398 e. The molecule has 0 heterocycles. The van der Waals surface area contributed by atoms with Gasteiger partial charge in [0.2, 0.25) is 0 Å². The molecule has 0 amide bonds. The van der Waals surface area contributed by atoms with Gasteiger partial charge in [0.25, 0.3) is 0 Å². The van der Waals surface area contributed by atoms with Gasteiger partial charge in [0.1, 0.15) is 0 Å². The molecule has 0 unspecified atom stereocenters. The third-order valence-electron chi connectivity index (χ3n) is 2.32. The van der Waals surface area contributed by atoms with E-state index in [-0.39, 0.29) is 0 Å². The summed E-state index contributed by atoms with van der Waals surface area (Å²) in [6, 6.07) is 15.0. The van der Waals surface area contributed by atoms with Crippen LogP contribution in [-0.2, 0) is 0 Å². The van der Waals surface area contributed by atoms with Gasteiger partial charge < -0.3 is 5.73 Å². The average Bonchev–Trinajstić information content (AvgIpc) is 2.29. The first-order valence-corrected chi connectivity index (χ1v) is 4.72. The lowest BCUT2D eigenvalue weighted by atomic mass is 9.99. The van der Waals surface area contributed by atoms with E-state index in [9.17, 15) is 4.79 Å². The van der Waals surface area contributed by atoms with E-state index in [4.69, 9.17) is 5.73 Å². The average molecular weight is 197 g/mol. The molecule has 2 aromatic carbocycles. The third kappa shape index (κ3) is 1.74. The number of aldehydes is 1. The zero-order valence-electron chi connectivity index (χ0n) is 8.18. The number of benzene rings is 2. The molecule has 0 saturated heterocycles. The zero-order valence-corrected chi connectivity index (χ0v) is 8.18. The number of nitrogen functional groups attached to an aromatic ring is 1. The fraction of sp³-hybridized carbons (Fsp3) is 0. The molecule has 15 heavy (non-hydrogen) atoms. The van der Waals surface area contributed by atoms with E-state index in [1.165, 1.54) is 0 Å². The van der Waals surface area contributed by atoms with Crippen LogP contribution in [0.1, 0.15) is 10.4 Å². The number of rotatable bonds is 2. The molecule has 0 atom stereocenters. The van der Waals surface area contributed by atoms with E-state index in [0.29, 0.717) is 11.3 Å². The normalized spacial score (nSPS) is 9.87. The van der Waals surface area contributed by atoms with Crippen LogP contribution in [0.5, 0.6) is 0 Å². The van der Waals surface area contributed by atoms with Crippen LogP contribution in [0.3, 0.4) is 0 Å². The van der Waals surface area contributed by atoms with Gasteiger partial charge in [-0.3, -0.25) is 4.79 Å². The Morgan fingerprint density at radius 1 is 0.933 bits per heavy atom. The summed E-state index contributed by atoms with van der Waals surface area (Å²) in [7, 11) is 0. The number of nitrogens with two attached hydrogens (primary N) is 1. The highest BCUT2D eigenvalue weighted by molar-refractivity contribution is 5.93. The predicted molar refractivity (Wildman–Crippen MR) is 61.7 cm³/mol. The second kappa shape index (κ2) is 3.96. The maximum atomic E-state index is 10.9. The van der Waals surface area contributed by atoms with Crippen LogP contribution in [0.25, 0.3) is 11.1 Å². The van der Waals surface area contributed by atoms with Crippen molar-refractivity contribution in [2.24, 2.45) is 0 Å². The quantitative estimate of drug-likeness (QED) is 0.594.